The largest absolute Gasteiger partial charge is 0.495 e. The minimum absolute atomic E-state index is 0.205. The van der Waals surface area contributed by atoms with Crippen LogP contribution in [0.3, 0.4) is 0 Å². The Bertz CT molecular complexity index is 915. The second-order valence-corrected chi connectivity index (χ2v) is 5.96. The maximum atomic E-state index is 6.15. The Morgan fingerprint density at radius 1 is 1.08 bits per heavy atom. The standard InChI is InChI=1S/C17H16ClN5O2/c1-24-13-6-11(8-19-10-13)12-7-14-15(20-9-12)16(22-17(18)21-14)23-2-4-25-5-3-23/h6-10H,2-5H2,1H3. The van der Waals surface area contributed by atoms with Crippen LogP contribution < -0.4 is 9.64 Å². The highest BCUT2D eigenvalue weighted by Crippen LogP contribution is 2.29. The molecule has 0 aromatic carbocycles. The predicted molar refractivity (Wildman–Crippen MR) is 95.2 cm³/mol. The molecule has 0 aliphatic carbocycles. The number of ether oxygens (including phenoxy) is 2. The second kappa shape index (κ2) is 6.78. The van der Waals surface area contributed by atoms with Crippen molar-refractivity contribution in [1.82, 2.24) is 19.9 Å². The lowest BCUT2D eigenvalue weighted by molar-refractivity contribution is 0.122. The number of rotatable bonds is 3. The van der Waals surface area contributed by atoms with E-state index in [2.05, 4.69) is 24.8 Å². The van der Waals surface area contributed by atoms with Crippen molar-refractivity contribution in [3.05, 3.63) is 36.0 Å². The van der Waals surface area contributed by atoms with Gasteiger partial charge in [-0.15, -0.1) is 0 Å². The lowest BCUT2D eigenvalue weighted by Gasteiger charge is -2.28. The van der Waals surface area contributed by atoms with Gasteiger partial charge in [-0.25, -0.2) is 4.98 Å². The van der Waals surface area contributed by atoms with E-state index in [1.54, 1.807) is 25.7 Å². The quantitative estimate of drug-likeness (QED) is 0.667. The molecule has 4 rings (SSSR count). The van der Waals surface area contributed by atoms with Crippen molar-refractivity contribution in [3.8, 4) is 16.9 Å². The van der Waals surface area contributed by atoms with Crippen LogP contribution in [0.5, 0.6) is 5.75 Å². The van der Waals surface area contributed by atoms with Crippen LogP contribution in [0.15, 0.2) is 30.7 Å². The van der Waals surface area contributed by atoms with Crippen molar-refractivity contribution in [2.24, 2.45) is 0 Å². The summed E-state index contributed by atoms with van der Waals surface area (Å²) < 4.78 is 10.6. The fraction of sp³-hybridized carbons (Fsp3) is 0.294. The van der Waals surface area contributed by atoms with Crippen molar-refractivity contribution in [3.63, 3.8) is 0 Å². The summed E-state index contributed by atoms with van der Waals surface area (Å²) in [4.78, 5) is 19.6. The molecule has 3 aromatic heterocycles. The molecule has 0 amide bonds. The molecule has 7 nitrogen and oxygen atoms in total. The van der Waals surface area contributed by atoms with E-state index in [4.69, 9.17) is 21.1 Å². The van der Waals surface area contributed by atoms with Crippen LogP contribution in [0.1, 0.15) is 0 Å². The zero-order valence-corrected chi connectivity index (χ0v) is 14.4. The molecule has 0 unspecified atom stereocenters. The highest BCUT2D eigenvalue weighted by atomic mass is 35.5. The summed E-state index contributed by atoms with van der Waals surface area (Å²) in [5.41, 5.74) is 3.21. The number of hydrogen-bond acceptors (Lipinski definition) is 7. The van der Waals surface area contributed by atoms with Gasteiger partial charge in [-0.2, -0.15) is 4.98 Å². The van der Waals surface area contributed by atoms with Crippen LogP contribution in [-0.4, -0.2) is 53.3 Å². The number of hydrogen-bond donors (Lipinski definition) is 0. The average molecular weight is 358 g/mol. The van der Waals surface area contributed by atoms with E-state index in [1.165, 1.54) is 0 Å². The maximum absolute atomic E-state index is 6.15. The van der Waals surface area contributed by atoms with E-state index in [0.29, 0.717) is 24.5 Å². The number of nitrogens with zero attached hydrogens (tertiary/aromatic N) is 5. The van der Waals surface area contributed by atoms with Crippen LogP contribution in [0.2, 0.25) is 5.28 Å². The Balaban J connectivity index is 1.80. The Morgan fingerprint density at radius 2 is 1.88 bits per heavy atom. The molecule has 0 radical (unpaired) electrons. The van der Waals surface area contributed by atoms with Gasteiger partial charge in [-0.3, -0.25) is 9.97 Å². The van der Waals surface area contributed by atoms with Crippen LogP contribution in [-0.2, 0) is 4.74 Å². The van der Waals surface area contributed by atoms with Crippen molar-refractivity contribution >= 4 is 28.5 Å². The molecule has 4 heterocycles. The molecule has 0 bridgehead atoms. The number of halogens is 1. The molecule has 128 valence electrons. The average Bonchev–Trinajstić information content (AvgIpc) is 2.67. The van der Waals surface area contributed by atoms with E-state index in [9.17, 15) is 0 Å². The molecule has 0 atom stereocenters. The highest BCUT2D eigenvalue weighted by Gasteiger charge is 2.18. The summed E-state index contributed by atoms with van der Waals surface area (Å²) in [6, 6.07) is 3.85. The van der Waals surface area contributed by atoms with Gasteiger partial charge in [0.25, 0.3) is 0 Å². The molecule has 1 aliphatic rings. The Labute approximate surface area is 149 Å². The fourth-order valence-corrected chi connectivity index (χ4v) is 2.99. The smallest absolute Gasteiger partial charge is 0.225 e. The van der Waals surface area contributed by atoms with Crippen LogP contribution in [0.25, 0.3) is 22.2 Å². The van der Waals surface area contributed by atoms with Gasteiger partial charge in [-0.1, -0.05) is 0 Å². The van der Waals surface area contributed by atoms with E-state index < -0.39 is 0 Å². The van der Waals surface area contributed by atoms with E-state index in [0.717, 1.165) is 35.6 Å². The van der Waals surface area contributed by atoms with Gasteiger partial charge in [0.1, 0.15) is 11.3 Å². The highest BCUT2D eigenvalue weighted by molar-refractivity contribution is 6.28. The molecule has 1 saturated heterocycles. The van der Waals surface area contributed by atoms with Crippen LogP contribution in [0, 0.1) is 0 Å². The maximum Gasteiger partial charge on any atom is 0.225 e. The van der Waals surface area contributed by atoms with E-state index >= 15 is 0 Å². The van der Waals surface area contributed by atoms with Gasteiger partial charge < -0.3 is 14.4 Å². The summed E-state index contributed by atoms with van der Waals surface area (Å²) in [6.07, 6.45) is 5.21. The van der Waals surface area contributed by atoms with Crippen molar-refractivity contribution < 1.29 is 9.47 Å². The molecular weight excluding hydrogens is 342 g/mol. The summed E-state index contributed by atoms with van der Waals surface area (Å²) in [5.74, 6) is 1.43. The first-order chi connectivity index (χ1) is 12.2. The number of methoxy groups -OCH3 is 1. The Kier molecular flexibility index (Phi) is 4.33. The number of morpholine rings is 1. The third-order valence-electron chi connectivity index (χ3n) is 4.08. The van der Waals surface area contributed by atoms with Gasteiger partial charge in [0, 0.05) is 36.6 Å². The lowest BCUT2D eigenvalue weighted by Crippen LogP contribution is -2.37. The first kappa shape index (κ1) is 16.0. The first-order valence-electron chi connectivity index (χ1n) is 7.90. The zero-order chi connectivity index (χ0) is 17.2. The number of fused-ring (bicyclic) bond motifs is 1. The molecule has 25 heavy (non-hydrogen) atoms. The summed E-state index contributed by atoms with van der Waals surface area (Å²) in [5, 5.41) is 0.205. The number of anilines is 1. The zero-order valence-electron chi connectivity index (χ0n) is 13.6. The van der Waals surface area contributed by atoms with Gasteiger partial charge >= 0.3 is 0 Å². The van der Waals surface area contributed by atoms with Crippen molar-refractivity contribution in [2.75, 3.05) is 38.3 Å². The third-order valence-corrected chi connectivity index (χ3v) is 4.25. The monoisotopic (exact) mass is 357 g/mol. The van der Waals surface area contributed by atoms with Crippen molar-refractivity contribution in [2.45, 2.75) is 0 Å². The molecule has 0 saturated carbocycles. The van der Waals surface area contributed by atoms with Gasteiger partial charge in [0.05, 0.1) is 32.0 Å². The molecule has 0 spiro atoms. The normalized spacial score (nSPS) is 14.7. The summed E-state index contributed by atoms with van der Waals surface area (Å²) in [7, 11) is 1.61. The second-order valence-electron chi connectivity index (χ2n) is 5.62. The number of aromatic nitrogens is 4. The SMILES string of the molecule is COc1cncc(-c2cnc3c(N4CCOCC4)nc(Cl)nc3c2)c1. The first-order valence-corrected chi connectivity index (χ1v) is 8.28. The van der Waals surface area contributed by atoms with Gasteiger partial charge in [-0.05, 0) is 23.7 Å². The van der Waals surface area contributed by atoms with Crippen LogP contribution >= 0.6 is 11.6 Å². The van der Waals surface area contributed by atoms with Gasteiger partial charge in [0.15, 0.2) is 5.82 Å². The lowest BCUT2D eigenvalue weighted by atomic mass is 10.1. The molecule has 3 aromatic rings. The molecule has 0 N–H and O–H groups in total. The fourth-order valence-electron chi connectivity index (χ4n) is 2.82. The third kappa shape index (κ3) is 3.20. The van der Waals surface area contributed by atoms with Crippen LogP contribution in [0.4, 0.5) is 5.82 Å². The Morgan fingerprint density at radius 3 is 2.68 bits per heavy atom. The minimum Gasteiger partial charge on any atom is -0.495 e. The summed E-state index contributed by atoms with van der Waals surface area (Å²) >= 11 is 6.15. The molecule has 1 fully saturated rings. The summed E-state index contributed by atoms with van der Waals surface area (Å²) in [6.45, 7) is 2.84. The van der Waals surface area contributed by atoms with Gasteiger partial charge in [0.2, 0.25) is 5.28 Å². The molecule has 1 aliphatic heterocycles. The molecular formula is C17H16ClN5O2. The van der Waals surface area contributed by atoms with E-state index in [-0.39, 0.29) is 5.28 Å². The Hall–Kier alpha value is -2.51. The van der Waals surface area contributed by atoms with E-state index in [1.807, 2.05) is 12.1 Å². The number of pyridine rings is 2. The topological polar surface area (TPSA) is 73.3 Å². The predicted octanol–water partition coefficient (Wildman–Crippen LogP) is 2.59. The minimum atomic E-state index is 0.205. The van der Waals surface area contributed by atoms with Crippen molar-refractivity contribution in [1.29, 1.82) is 0 Å². The molecule has 8 heteroatoms.